The van der Waals surface area contributed by atoms with Crippen LogP contribution in [-0.2, 0) is 16.1 Å². The van der Waals surface area contributed by atoms with Crippen molar-refractivity contribution in [1.29, 1.82) is 0 Å². The predicted octanol–water partition coefficient (Wildman–Crippen LogP) is 0.691. The number of amides is 1. The zero-order valence-electron chi connectivity index (χ0n) is 8.85. The fraction of sp³-hybridized carbons (Fsp3) is 0.455. The molecule has 0 bridgehead atoms. The van der Waals surface area contributed by atoms with Crippen LogP contribution in [0, 0.1) is 0 Å². The summed E-state index contributed by atoms with van der Waals surface area (Å²) in [5.41, 5.74) is 0.605. The van der Waals surface area contributed by atoms with Crippen molar-refractivity contribution in [2.24, 2.45) is 0 Å². The van der Waals surface area contributed by atoms with E-state index in [-0.39, 0.29) is 18.6 Å². The highest BCUT2D eigenvalue weighted by molar-refractivity contribution is 5.94. The first-order valence-corrected chi connectivity index (χ1v) is 5.28. The van der Waals surface area contributed by atoms with E-state index in [2.05, 4.69) is 10.3 Å². The minimum absolute atomic E-state index is 0.144. The number of aromatic nitrogens is 1. The molecule has 1 aromatic heterocycles. The van der Waals surface area contributed by atoms with E-state index >= 15 is 0 Å². The van der Waals surface area contributed by atoms with E-state index in [9.17, 15) is 4.79 Å². The zero-order chi connectivity index (χ0) is 11.4. The van der Waals surface area contributed by atoms with Crippen molar-refractivity contribution >= 4 is 11.7 Å². The van der Waals surface area contributed by atoms with Crippen LogP contribution in [0.15, 0.2) is 18.3 Å². The quantitative estimate of drug-likeness (QED) is 0.789. The van der Waals surface area contributed by atoms with E-state index < -0.39 is 0 Å². The van der Waals surface area contributed by atoms with Crippen molar-refractivity contribution in [3.63, 3.8) is 0 Å². The second-order valence-electron chi connectivity index (χ2n) is 3.66. The topological polar surface area (TPSA) is 71.5 Å². The molecule has 0 aliphatic carbocycles. The number of ether oxygens (including phenoxy) is 1. The van der Waals surface area contributed by atoms with Gasteiger partial charge in [-0.2, -0.15) is 0 Å². The van der Waals surface area contributed by atoms with Crippen LogP contribution in [-0.4, -0.2) is 28.7 Å². The Morgan fingerprint density at radius 2 is 2.56 bits per heavy atom. The minimum atomic E-state index is -0.381. The number of nitrogens with one attached hydrogen (secondary N) is 1. The van der Waals surface area contributed by atoms with Gasteiger partial charge < -0.3 is 15.2 Å². The third-order valence-electron chi connectivity index (χ3n) is 2.53. The number of rotatable bonds is 3. The Balaban J connectivity index is 2.05. The van der Waals surface area contributed by atoms with Gasteiger partial charge in [0, 0.05) is 18.4 Å². The third kappa shape index (κ3) is 2.37. The second kappa shape index (κ2) is 5.05. The van der Waals surface area contributed by atoms with Gasteiger partial charge in [0.25, 0.3) is 5.91 Å². The summed E-state index contributed by atoms with van der Waals surface area (Å²) in [7, 11) is 0. The lowest BCUT2D eigenvalue weighted by Crippen LogP contribution is -2.27. The van der Waals surface area contributed by atoms with Crippen LogP contribution in [0.4, 0.5) is 5.82 Å². The maximum atomic E-state index is 11.7. The lowest BCUT2D eigenvalue weighted by molar-refractivity contribution is -0.124. The highest BCUT2D eigenvalue weighted by atomic mass is 16.5. The number of anilines is 1. The van der Waals surface area contributed by atoms with Crippen LogP contribution in [0.1, 0.15) is 18.4 Å². The van der Waals surface area contributed by atoms with Crippen molar-refractivity contribution in [3.8, 4) is 0 Å². The third-order valence-corrected chi connectivity index (χ3v) is 2.53. The number of hydrogen-bond donors (Lipinski definition) is 2. The number of pyridine rings is 1. The lowest BCUT2D eigenvalue weighted by Gasteiger charge is -2.11. The number of hydrogen-bond acceptors (Lipinski definition) is 4. The molecule has 0 aromatic carbocycles. The Morgan fingerprint density at radius 1 is 1.69 bits per heavy atom. The van der Waals surface area contributed by atoms with Crippen molar-refractivity contribution < 1.29 is 14.6 Å². The fourth-order valence-corrected chi connectivity index (χ4v) is 1.66. The molecule has 1 unspecified atom stereocenters. The van der Waals surface area contributed by atoms with Crippen LogP contribution in [0.25, 0.3) is 0 Å². The maximum absolute atomic E-state index is 11.7. The van der Waals surface area contributed by atoms with E-state index in [0.29, 0.717) is 18.0 Å². The van der Waals surface area contributed by atoms with E-state index in [1.54, 1.807) is 18.3 Å². The molecule has 2 N–H and O–H groups in total. The molecule has 0 spiro atoms. The van der Waals surface area contributed by atoms with Gasteiger partial charge in [-0.3, -0.25) is 4.79 Å². The van der Waals surface area contributed by atoms with Gasteiger partial charge in [0.15, 0.2) is 0 Å². The molecule has 1 amide bonds. The summed E-state index contributed by atoms with van der Waals surface area (Å²) < 4.78 is 5.26. The molecular weight excluding hydrogens is 208 g/mol. The monoisotopic (exact) mass is 222 g/mol. The maximum Gasteiger partial charge on any atom is 0.254 e. The first kappa shape index (κ1) is 11.0. The molecule has 1 atom stereocenters. The summed E-state index contributed by atoms with van der Waals surface area (Å²) >= 11 is 0. The fourth-order valence-electron chi connectivity index (χ4n) is 1.66. The molecule has 5 heteroatoms. The number of carbonyl (C=O) groups is 1. The van der Waals surface area contributed by atoms with Gasteiger partial charge in [0.05, 0.1) is 6.61 Å². The van der Waals surface area contributed by atoms with Gasteiger partial charge in [-0.25, -0.2) is 4.98 Å². The van der Waals surface area contributed by atoms with Gasteiger partial charge in [0.2, 0.25) is 0 Å². The number of aliphatic hydroxyl groups is 1. The van der Waals surface area contributed by atoms with Crippen LogP contribution in [0.3, 0.4) is 0 Å². The van der Waals surface area contributed by atoms with Crippen molar-refractivity contribution in [2.45, 2.75) is 25.6 Å². The Labute approximate surface area is 93.5 Å². The van der Waals surface area contributed by atoms with Gasteiger partial charge in [0.1, 0.15) is 11.9 Å². The highest BCUT2D eigenvalue weighted by Crippen LogP contribution is 2.16. The van der Waals surface area contributed by atoms with Crippen molar-refractivity contribution in [1.82, 2.24) is 4.98 Å². The number of carbonyl (C=O) groups excluding carboxylic acids is 1. The standard InChI is InChI=1S/C11H14N2O3/c14-7-8-3-1-5-12-10(8)13-11(15)9-4-2-6-16-9/h1,3,5,9,14H,2,4,6-7H2,(H,12,13,15). The molecule has 1 saturated heterocycles. The van der Waals surface area contributed by atoms with Gasteiger partial charge in [-0.15, -0.1) is 0 Å². The van der Waals surface area contributed by atoms with E-state index in [1.807, 2.05) is 0 Å². The lowest BCUT2D eigenvalue weighted by atomic mass is 10.2. The molecule has 0 saturated carbocycles. The molecule has 86 valence electrons. The van der Waals surface area contributed by atoms with E-state index in [4.69, 9.17) is 9.84 Å². The predicted molar refractivity (Wildman–Crippen MR) is 57.8 cm³/mol. The van der Waals surface area contributed by atoms with Gasteiger partial charge in [-0.05, 0) is 18.9 Å². The summed E-state index contributed by atoms with van der Waals surface area (Å²) in [5, 5.41) is 11.7. The first-order valence-electron chi connectivity index (χ1n) is 5.28. The Morgan fingerprint density at radius 3 is 3.25 bits per heavy atom. The van der Waals surface area contributed by atoms with Crippen LogP contribution in [0.5, 0.6) is 0 Å². The Hall–Kier alpha value is -1.46. The van der Waals surface area contributed by atoms with Crippen LogP contribution in [0.2, 0.25) is 0 Å². The minimum Gasteiger partial charge on any atom is -0.392 e. The van der Waals surface area contributed by atoms with E-state index in [1.165, 1.54) is 0 Å². The molecule has 16 heavy (non-hydrogen) atoms. The van der Waals surface area contributed by atoms with Crippen LogP contribution < -0.4 is 5.32 Å². The van der Waals surface area contributed by atoms with Gasteiger partial charge >= 0.3 is 0 Å². The molecule has 2 rings (SSSR count). The largest absolute Gasteiger partial charge is 0.392 e. The zero-order valence-corrected chi connectivity index (χ0v) is 8.85. The summed E-state index contributed by atoms with van der Waals surface area (Å²) in [6, 6.07) is 3.44. The number of aliphatic hydroxyl groups excluding tert-OH is 1. The summed E-state index contributed by atoms with van der Waals surface area (Å²) in [5.74, 6) is 0.219. The molecular formula is C11H14N2O3. The van der Waals surface area contributed by atoms with Crippen molar-refractivity contribution in [3.05, 3.63) is 23.9 Å². The summed E-state index contributed by atoms with van der Waals surface area (Å²) in [6.07, 6.45) is 2.85. The molecule has 0 radical (unpaired) electrons. The number of nitrogens with zero attached hydrogens (tertiary/aromatic N) is 1. The molecule has 1 aliphatic heterocycles. The van der Waals surface area contributed by atoms with E-state index in [0.717, 1.165) is 12.8 Å². The first-order chi connectivity index (χ1) is 7.81. The van der Waals surface area contributed by atoms with Crippen LogP contribution >= 0.6 is 0 Å². The van der Waals surface area contributed by atoms with Gasteiger partial charge in [-0.1, -0.05) is 6.07 Å². The Bertz CT molecular complexity index is 375. The average molecular weight is 222 g/mol. The SMILES string of the molecule is O=C(Nc1ncccc1CO)C1CCCO1. The van der Waals surface area contributed by atoms with Crippen molar-refractivity contribution in [2.75, 3.05) is 11.9 Å². The molecule has 1 aromatic rings. The summed E-state index contributed by atoms with van der Waals surface area (Å²) in [4.78, 5) is 15.7. The molecule has 1 fully saturated rings. The highest BCUT2D eigenvalue weighted by Gasteiger charge is 2.24. The smallest absolute Gasteiger partial charge is 0.254 e. The normalized spacial score (nSPS) is 19.7. The molecule has 2 heterocycles. The average Bonchev–Trinajstić information content (AvgIpc) is 2.83. The molecule has 5 nitrogen and oxygen atoms in total. The molecule has 1 aliphatic rings. The summed E-state index contributed by atoms with van der Waals surface area (Å²) in [6.45, 7) is 0.488. The second-order valence-corrected chi connectivity index (χ2v) is 3.66. The Kier molecular flexibility index (Phi) is 3.48.